The zero-order chi connectivity index (χ0) is 44.0. The minimum atomic E-state index is -0.965. The van der Waals surface area contributed by atoms with Gasteiger partial charge in [0.05, 0.1) is 24.6 Å². The Morgan fingerprint density at radius 2 is 1.11 bits per heavy atom. The molecule has 10 nitrogen and oxygen atoms in total. The second kappa shape index (κ2) is 21.8. The fourth-order valence-electron chi connectivity index (χ4n) is 7.35. The van der Waals surface area contributed by atoms with Crippen LogP contribution in [0.25, 0.3) is 22.3 Å². The van der Waals surface area contributed by atoms with Crippen molar-refractivity contribution >= 4 is 17.6 Å². The molecule has 0 amide bonds. The minimum Gasteiger partial charge on any atom is -0.488 e. The van der Waals surface area contributed by atoms with Gasteiger partial charge in [0.1, 0.15) is 30.5 Å². The molecular formula is C50H51F2N3O7. The molecule has 0 bridgehead atoms. The maximum atomic E-state index is 15.6. The number of aliphatic carboxylic acids is 2. The molecule has 8 N–H and O–H groups in total. The number of aryl methyl sites for hydroxylation is 1. The number of carboxylic acids is 2. The molecule has 1 aliphatic rings. The monoisotopic (exact) mass is 843 g/mol. The van der Waals surface area contributed by atoms with Crippen LogP contribution in [0, 0.1) is 11.6 Å². The summed E-state index contributed by atoms with van der Waals surface area (Å²) in [6.45, 7) is 1.53. The topological polar surface area (TPSA) is 180 Å². The van der Waals surface area contributed by atoms with Crippen LogP contribution in [-0.2, 0) is 59.9 Å². The summed E-state index contributed by atoms with van der Waals surface area (Å²) in [6.07, 6.45) is 3.24. The van der Waals surface area contributed by atoms with Crippen LogP contribution in [0.15, 0.2) is 121 Å². The second-order valence-electron chi connectivity index (χ2n) is 15.1. The predicted octanol–water partition coefficient (Wildman–Crippen LogP) is 9.01. The molecule has 7 rings (SSSR count). The summed E-state index contributed by atoms with van der Waals surface area (Å²) in [5, 5.41) is 18.2. The van der Waals surface area contributed by atoms with Gasteiger partial charge in [-0.25, -0.2) is 8.78 Å². The van der Waals surface area contributed by atoms with Gasteiger partial charge in [0.25, 0.3) is 0 Å². The molecule has 12 heteroatoms. The van der Waals surface area contributed by atoms with Crippen LogP contribution < -0.4 is 26.7 Å². The number of anilines is 1. The summed E-state index contributed by atoms with van der Waals surface area (Å²) in [4.78, 5) is 22.2. The van der Waals surface area contributed by atoms with E-state index in [4.69, 9.17) is 36.5 Å². The Morgan fingerprint density at radius 3 is 1.61 bits per heavy atom. The lowest BCUT2D eigenvalue weighted by atomic mass is 9.95. The highest BCUT2D eigenvalue weighted by atomic mass is 19.1. The number of ether oxygens (including phenoxy) is 3. The highest BCUT2D eigenvalue weighted by Gasteiger charge is 2.19. The normalized spacial score (nSPS) is 13.3. The van der Waals surface area contributed by atoms with Crippen molar-refractivity contribution in [2.45, 2.75) is 70.9 Å². The van der Waals surface area contributed by atoms with Crippen LogP contribution >= 0.6 is 0 Å². The van der Waals surface area contributed by atoms with Gasteiger partial charge in [-0.15, -0.1) is 0 Å². The number of carbonyl (C=O) groups is 2. The number of nitrogen functional groups attached to an aromatic ring is 1. The molecule has 322 valence electrons. The molecular weight excluding hydrogens is 793 g/mol. The molecule has 6 aromatic rings. The molecule has 6 aromatic carbocycles. The average Bonchev–Trinajstić information content (AvgIpc) is 3.81. The number of hydrogen-bond acceptors (Lipinski definition) is 8. The molecule has 1 atom stereocenters. The third-order valence-electron chi connectivity index (χ3n) is 10.5. The lowest BCUT2D eigenvalue weighted by Crippen LogP contribution is -2.09. The van der Waals surface area contributed by atoms with E-state index in [2.05, 4.69) is 0 Å². The van der Waals surface area contributed by atoms with Crippen LogP contribution in [0.1, 0.15) is 58.2 Å². The standard InChI is InChI=1S/C28H30FNO4.C22H21FN2O3/c29-28-22(10-11-25-8-4-12-33-25)14-23(20-7-3-5-19(13-20)17-30)15-24(28)18-34-26-9-2-1-6-21(26)16-27(31)32;23-22-18(13-28-20-7-2-1-5-16(20)11-21(26)27)9-17(10-19(22)25)15-6-3-4-14(8-15)12-24/h1-3,5-7,9,13-15,25H,4,8,10-12,16-18,30H2,(H,31,32);1-10H,11-13,24-25H2,(H,26,27). The first kappa shape index (κ1) is 44.9. The van der Waals surface area contributed by atoms with Crippen LogP contribution in [-0.4, -0.2) is 34.9 Å². The summed E-state index contributed by atoms with van der Waals surface area (Å²) >= 11 is 0. The molecule has 0 spiro atoms. The molecule has 0 aromatic heterocycles. The van der Waals surface area contributed by atoms with Crippen molar-refractivity contribution in [1.29, 1.82) is 0 Å². The zero-order valence-electron chi connectivity index (χ0n) is 34.3. The van der Waals surface area contributed by atoms with Crippen molar-refractivity contribution < 1.29 is 42.8 Å². The van der Waals surface area contributed by atoms with Gasteiger partial charge in [-0.1, -0.05) is 72.8 Å². The van der Waals surface area contributed by atoms with Crippen LogP contribution in [0.4, 0.5) is 14.5 Å². The van der Waals surface area contributed by atoms with E-state index in [1.807, 2.05) is 54.6 Å². The first-order valence-electron chi connectivity index (χ1n) is 20.5. The molecule has 0 saturated carbocycles. The fourth-order valence-corrected chi connectivity index (χ4v) is 7.35. The maximum absolute atomic E-state index is 15.6. The molecule has 1 unspecified atom stereocenters. The first-order chi connectivity index (χ1) is 30.0. The predicted molar refractivity (Wildman–Crippen MR) is 235 cm³/mol. The number of carboxylic acid groups (broad SMARTS) is 2. The maximum Gasteiger partial charge on any atom is 0.307 e. The van der Waals surface area contributed by atoms with Gasteiger partial charge in [-0.3, -0.25) is 9.59 Å². The Morgan fingerprint density at radius 1 is 0.613 bits per heavy atom. The quantitative estimate of drug-likeness (QED) is 0.0556. The molecule has 1 fully saturated rings. The van der Waals surface area contributed by atoms with E-state index in [0.717, 1.165) is 59.3 Å². The number of halogens is 2. The smallest absolute Gasteiger partial charge is 0.307 e. The van der Waals surface area contributed by atoms with E-state index in [9.17, 15) is 19.1 Å². The lowest BCUT2D eigenvalue weighted by molar-refractivity contribution is -0.137. The van der Waals surface area contributed by atoms with E-state index in [-0.39, 0.29) is 43.7 Å². The second-order valence-corrected chi connectivity index (χ2v) is 15.1. The Hall–Kier alpha value is -6.60. The molecule has 1 heterocycles. The van der Waals surface area contributed by atoms with Crippen molar-refractivity contribution in [3.05, 3.63) is 172 Å². The Bertz CT molecular complexity index is 2490. The van der Waals surface area contributed by atoms with Gasteiger partial charge in [0.2, 0.25) is 0 Å². The number of benzene rings is 6. The van der Waals surface area contributed by atoms with Gasteiger partial charge >= 0.3 is 11.9 Å². The SMILES string of the molecule is NCc1cccc(-c2cc(CCC3CCCO3)c(F)c(COc3ccccc3CC(=O)O)c2)c1.NCc1cccc(-c2cc(N)c(F)c(COc3ccccc3CC(=O)O)c2)c1. The third kappa shape index (κ3) is 12.3. The van der Waals surface area contributed by atoms with Crippen LogP contribution in [0.5, 0.6) is 11.5 Å². The summed E-state index contributed by atoms with van der Waals surface area (Å²) in [7, 11) is 0. The summed E-state index contributed by atoms with van der Waals surface area (Å²) in [5.74, 6) is -1.89. The molecule has 62 heavy (non-hydrogen) atoms. The number of para-hydroxylation sites is 2. The largest absolute Gasteiger partial charge is 0.488 e. The minimum absolute atomic E-state index is 0.000185. The van der Waals surface area contributed by atoms with Crippen molar-refractivity contribution in [2.24, 2.45) is 11.5 Å². The van der Waals surface area contributed by atoms with Crippen molar-refractivity contribution in [3.8, 4) is 33.8 Å². The van der Waals surface area contributed by atoms with Gasteiger partial charge in [-0.05, 0) is 113 Å². The van der Waals surface area contributed by atoms with Crippen LogP contribution in [0.3, 0.4) is 0 Å². The van der Waals surface area contributed by atoms with E-state index in [0.29, 0.717) is 58.8 Å². The number of hydrogen-bond donors (Lipinski definition) is 5. The lowest BCUT2D eigenvalue weighted by Gasteiger charge is -2.16. The number of nitrogens with two attached hydrogens (primary N) is 3. The summed E-state index contributed by atoms with van der Waals surface area (Å²) in [5.41, 5.74) is 25.3. The van der Waals surface area contributed by atoms with E-state index in [1.54, 1.807) is 66.7 Å². The highest BCUT2D eigenvalue weighted by Crippen LogP contribution is 2.31. The highest BCUT2D eigenvalue weighted by molar-refractivity contribution is 5.72. The van der Waals surface area contributed by atoms with E-state index >= 15 is 4.39 Å². The Kier molecular flexibility index (Phi) is 15.8. The molecule has 0 aliphatic carbocycles. The van der Waals surface area contributed by atoms with E-state index in [1.165, 1.54) is 0 Å². The van der Waals surface area contributed by atoms with Crippen molar-refractivity contribution in [1.82, 2.24) is 0 Å². The van der Waals surface area contributed by atoms with Gasteiger partial charge in [-0.2, -0.15) is 0 Å². The van der Waals surface area contributed by atoms with Gasteiger partial charge in [0, 0.05) is 42.0 Å². The summed E-state index contributed by atoms with van der Waals surface area (Å²) in [6, 6.07) is 36.3. The third-order valence-corrected chi connectivity index (χ3v) is 10.5. The van der Waals surface area contributed by atoms with Crippen LogP contribution in [0.2, 0.25) is 0 Å². The van der Waals surface area contributed by atoms with Gasteiger partial charge in [0.15, 0.2) is 5.82 Å². The first-order valence-corrected chi connectivity index (χ1v) is 20.5. The van der Waals surface area contributed by atoms with E-state index < -0.39 is 17.8 Å². The molecule has 1 aliphatic heterocycles. The fraction of sp³-hybridized carbons (Fsp3) is 0.240. The summed E-state index contributed by atoms with van der Waals surface area (Å²) < 4.78 is 47.5. The molecule has 1 saturated heterocycles. The molecule has 0 radical (unpaired) electrons. The Labute approximate surface area is 359 Å². The van der Waals surface area contributed by atoms with Crippen molar-refractivity contribution in [3.63, 3.8) is 0 Å². The Balaban J connectivity index is 0.000000211. The number of rotatable bonds is 17. The zero-order valence-corrected chi connectivity index (χ0v) is 34.3. The average molecular weight is 844 g/mol. The van der Waals surface area contributed by atoms with Gasteiger partial charge < -0.3 is 41.6 Å². The van der Waals surface area contributed by atoms with Crippen molar-refractivity contribution in [2.75, 3.05) is 12.3 Å².